The van der Waals surface area contributed by atoms with Crippen molar-refractivity contribution in [3.8, 4) is 5.75 Å². The van der Waals surface area contributed by atoms with Gasteiger partial charge in [-0.3, -0.25) is 19.9 Å². The number of phenolic OH excluding ortho intramolecular Hbond substituents is 1. The molecular formula is C19H14N4O5. The van der Waals surface area contributed by atoms with Crippen LogP contribution in [0.25, 0.3) is 0 Å². The lowest BCUT2D eigenvalue weighted by Crippen LogP contribution is -2.26. The van der Waals surface area contributed by atoms with Crippen molar-refractivity contribution >= 4 is 17.5 Å². The maximum Gasteiger partial charge on any atom is 0.433 e. The molecule has 1 aromatic carbocycles. The maximum absolute atomic E-state index is 13.0. The fourth-order valence-corrected chi connectivity index (χ4v) is 3.07. The number of phenols is 1. The molecule has 0 spiro atoms. The van der Waals surface area contributed by atoms with Gasteiger partial charge in [-0.15, -0.1) is 0 Å². The summed E-state index contributed by atoms with van der Waals surface area (Å²) >= 11 is 0. The Morgan fingerprint density at radius 1 is 1.21 bits per heavy atom. The molecule has 9 nitrogen and oxygen atoms in total. The predicted molar refractivity (Wildman–Crippen MR) is 97.8 cm³/mol. The van der Waals surface area contributed by atoms with Crippen LogP contribution in [-0.2, 0) is 0 Å². The minimum Gasteiger partial charge on any atom is -0.508 e. The van der Waals surface area contributed by atoms with Crippen LogP contribution in [0.15, 0.2) is 70.4 Å². The zero-order valence-corrected chi connectivity index (χ0v) is 14.4. The number of aromatic hydroxyl groups is 1. The van der Waals surface area contributed by atoms with E-state index in [1.165, 1.54) is 17.1 Å². The molecule has 1 aliphatic rings. The molecule has 28 heavy (non-hydrogen) atoms. The standard InChI is InChI=1S/C19H14N4O5/c24-16-6-2-1-5-13(16)15-10-14(12-4-3-9-20-11-12)21-22(15)19(25)17-7-8-18(28-17)23(26)27/h1-9,11,15,24H,10H2. The van der Waals surface area contributed by atoms with Gasteiger partial charge in [0.15, 0.2) is 0 Å². The average Bonchev–Trinajstić information content (AvgIpc) is 3.36. The van der Waals surface area contributed by atoms with E-state index in [0.29, 0.717) is 17.7 Å². The van der Waals surface area contributed by atoms with Crippen LogP contribution >= 0.6 is 0 Å². The molecule has 1 atom stereocenters. The first-order valence-electron chi connectivity index (χ1n) is 8.38. The number of carbonyl (C=O) groups is 1. The van der Waals surface area contributed by atoms with Crippen LogP contribution in [0.5, 0.6) is 5.75 Å². The highest BCUT2D eigenvalue weighted by atomic mass is 16.6. The Morgan fingerprint density at radius 3 is 2.71 bits per heavy atom. The lowest BCUT2D eigenvalue weighted by atomic mass is 9.98. The number of nitrogens with zero attached hydrogens (tertiary/aromatic N) is 4. The van der Waals surface area contributed by atoms with Crippen molar-refractivity contribution in [2.24, 2.45) is 5.10 Å². The molecule has 140 valence electrons. The third kappa shape index (κ3) is 3.09. The van der Waals surface area contributed by atoms with Crippen molar-refractivity contribution in [1.29, 1.82) is 0 Å². The van der Waals surface area contributed by atoms with Gasteiger partial charge in [0, 0.05) is 29.9 Å². The van der Waals surface area contributed by atoms with Crippen LogP contribution < -0.4 is 0 Å². The fraction of sp³-hybridized carbons (Fsp3) is 0.105. The van der Waals surface area contributed by atoms with E-state index in [0.717, 1.165) is 11.6 Å². The Labute approximate surface area is 158 Å². The third-order valence-electron chi connectivity index (χ3n) is 4.39. The van der Waals surface area contributed by atoms with Crippen molar-refractivity contribution in [1.82, 2.24) is 9.99 Å². The molecule has 0 aliphatic carbocycles. The summed E-state index contributed by atoms with van der Waals surface area (Å²) in [5.74, 6) is -1.35. The SMILES string of the molecule is O=C(c1ccc([N+](=O)[O-])o1)N1N=C(c2cccnc2)CC1c1ccccc1O. The summed E-state index contributed by atoms with van der Waals surface area (Å²) in [6.07, 6.45) is 3.61. The molecule has 1 amide bonds. The van der Waals surface area contributed by atoms with Gasteiger partial charge in [-0.2, -0.15) is 5.10 Å². The molecule has 0 radical (unpaired) electrons. The molecule has 4 rings (SSSR count). The second-order valence-electron chi connectivity index (χ2n) is 6.11. The Hall–Kier alpha value is -4.01. The lowest BCUT2D eigenvalue weighted by Gasteiger charge is -2.21. The first kappa shape index (κ1) is 17.4. The number of para-hydroxylation sites is 1. The quantitative estimate of drug-likeness (QED) is 0.549. The van der Waals surface area contributed by atoms with Crippen molar-refractivity contribution < 1.29 is 19.2 Å². The largest absolute Gasteiger partial charge is 0.508 e. The van der Waals surface area contributed by atoms with Gasteiger partial charge < -0.3 is 9.52 Å². The zero-order valence-electron chi connectivity index (χ0n) is 14.4. The van der Waals surface area contributed by atoms with Crippen LogP contribution in [-0.4, -0.2) is 31.6 Å². The summed E-state index contributed by atoms with van der Waals surface area (Å²) in [6, 6.07) is 12.0. The van der Waals surface area contributed by atoms with E-state index in [9.17, 15) is 20.0 Å². The summed E-state index contributed by atoms with van der Waals surface area (Å²) in [5, 5.41) is 26.7. The highest BCUT2D eigenvalue weighted by Gasteiger charge is 2.36. The molecule has 0 bridgehead atoms. The van der Waals surface area contributed by atoms with Gasteiger partial charge in [-0.05, 0) is 18.2 Å². The van der Waals surface area contributed by atoms with E-state index in [1.54, 1.807) is 36.7 Å². The van der Waals surface area contributed by atoms with Crippen LogP contribution in [0.1, 0.15) is 34.1 Å². The maximum atomic E-state index is 13.0. The van der Waals surface area contributed by atoms with Gasteiger partial charge in [-0.25, -0.2) is 5.01 Å². The number of hydrogen-bond donors (Lipinski definition) is 1. The number of hydrogen-bond acceptors (Lipinski definition) is 7. The fourth-order valence-electron chi connectivity index (χ4n) is 3.07. The highest BCUT2D eigenvalue weighted by Crippen LogP contribution is 2.38. The molecule has 0 fully saturated rings. The Bertz CT molecular complexity index is 1080. The normalized spacial score (nSPS) is 16.1. The number of benzene rings is 1. The first-order valence-corrected chi connectivity index (χ1v) is 8.38. The van der Waals surface area contributed by atoms with Gasteiger partial charge in [0.25, 0.3) is 0 Å². The molecule has 3 aromatic rings. The number of nitro groups is 1. The number of hydrazone groups is 1. The number of aromatic nitrogens is 1. The molecule has 0 saturated heterocycles. The Balaban J connectivity index is 1.74. The Kier molecular flexibility index (Phi) is 4.32. The summed E-state index contributed by atoms with van der Waals surface area (Å²) in [5.41, 5.74) is 1.86. The smallest absolute Gasteiger partial charge is 0.433 e. The molecule has 9 heteroatoms. The van der Waals surface area contributed by atoms with Gasteiger partial charge in [0.05, 0.1) is 17.8 Å². The first-order chi connectivity index (χ1) is 13.5. The number of pyridine rings is 1. The summed E-state index contributed by atoms with van der Waals surface area (Å²) in [4.78, 5) is 27.2. The zero-order chi connectivity index (χ0) is 19.7. The minimum atomic E-state index is -0.717. The lowest BCUT2D eigenvalue weighted by molar-refractivity contribution is -0.402. The summed E-state index contributed by atoms with van der Waals surface area (Å²) < 4.78 is 5.04. The van der Waals surface area contributed by atoms with E-state index >= 15 is 0 Å². The second-order valence-corrected chi connectivity index (χ2v) is 6.11. The van der Waals surface area contributed by atoms with E-state index in [1.807, 2.05) is 6.07 Å². The molecule has 3 heterocycles. The second kappa shape index (κ2) is 6.95. The van der Waals surface area contributed by atoms with Gasteiger partial charge in [-0.1, -0.05) is 24.3 Å². The average molecular weight is 378 g/mol. The van der Waals surface area contributed by atoms with Crippen LogP contribution in [0, 0.1) is 10.1 Å². The summed E-state index contributed by atoms with van der Waals surface area (Å²) in [7, 11) is 0. The number of carbonyl (C=O) groups excluding carboxylic acids is 1. The monoisotopic (exact) mass is 378 g/mol. The minimum absolute atomic E-state index is 0.0263. The van der Waals surface area contributed by atoms with Gasteiger partial charge in [0.2, 0.25) is 5.76 Å². The van der Waals surface area contributed by atoms with Crippen molar-refractivity contribution in [3.63, 3.8) is 0 Å². The molecule has 1 unspecified atom stereocenters. The summed E-state index contributed by atoms with van der Waals surface area (Å²) in [6.45, 7) is 0. The predicted octanol–water partition coefficient (Wildman–Crippen LogP) is 3.28. The molecule has 1 aliphatic heterocycles. The van der Waals surface area contributed by atoms with E-state index in [4.69, 9.17) is 4.42 Å². The van der Waals surface area contributed by atoms with Gasteiger partial charge >= 0.3 is 11.8 Å². The third-order valence-corrected chi connectivity index (χ3v) is 4.39. The number of rotatable bonds is 4. The highest BCUT2D eigenvalue weighted by molar-refractivity contribution is 6.04. The van der Waals surface area contributed by atoms with Crippen LogP contribution in [0.2, 0.25) is 0 Å². The van der Waals surface area contributed by atoms with Gasteiger partial charge in [0.1, 0.15) is 10.7 Å². The molecule has 0 saturated carbocycles. The number of amides is 1. The van der Waals surface area contributed by atoms with E-state index < -0.39 is 22.8 Å². The van der Waals surface area contributed by atoms with Crippen molar-refractivity contribution in [2.45, 2.75) is 12.5 Å². The molecule has 2 aromatic heterocycles. The van der Waals surface area contributed by atoms with E-state index in [2.05, 4.69) is 10.1 Å². The number of furan rings is 1. The van der Waals surface area contributed by atoms with Crippen molar-refractivity contribution in [3.05, 3.63) is 87.9 Å². The van der Waals surface area contributed by atoms with E-state index in [-0.39, 0.29) is 11.5 Å². The van der Waals surface area contributed by atoms with Crippen LogP contribution in [0.3, 0.4) is 0 Å². The molecular weight excluding hydrogens is 364 g/mol. The van der Waals surface area contributed by atoms with Crippen LogP contribution in [0.4, 0.5) is 5.88 Å². The molecule has 1 N–H and O–H groups in total. The Morgan fingerprint density at radius 2 is 2.04 bits per heavy atom. The van der Waals surface area contributed by atoms with Crippen molar-refractivity contribution in [2.75, 3.05) is 0 Å². The topological polar surface area (TPSA) is 122 Å².